The molecule has 0 amide bonds. The van der Waals surface area contributed by atoms with E-state index in [4.69, 9.17) is 13.9 Å². The first-order valence-electron chi connectivity index (χ1n) is 9.14. The minimum atomic E-state index is -0.406. The van der Waals surface area contributed by atoms with Crippen molar-refractivity contribution in [3.63, 3.8) is 0 Å². The molecule has 0 N–H and O–H groups in total. The molecule has 0 saturated carbocycles. The van der Waals surface area contributed by atoms with Crippen LogP contribution in [-0.4, -0.2) is 49.6 Å². The predicted octanol–water partition coefficient (Wildman–Crippen LogP) is 3.56. The largest absolute Gasteiger partial charge is 0.460 e. The molecule has 2 heterocycles. The first-order chi connectivity index (χ1) is 12.6. The first kappa shape index (κ1) is 18.5. The van der Waals surface area contributed by atoms with E-state index in [1.165, 1.54) is 5.56 Å². The molecule has 2 aromatic rings. The van der Waals surface area contributed by atoms with Gasteiger partial charge in [0, 0.05) is 16.7 Å². The van der Waals surface area contributed by atoms with E-state index in [0.29, 0.717) is 18.0 Å². The van der Waals surface area contributed by atoms with Gasteiger partial charge in [-0.1, -0.05) is 6.07 Å². The topological polar surface area (TPSA) is 64.3 Å². The lowest BCUT2D eigenvalue weighted by molar-refractivity contribution is 0.0392. The molecule has 140 valence electrons. The highest BCUT2D eigenvalue weighted by Gasteiger charge is 2.18. The summed E-state index contributed by atoms with van der Waals surface area (Å²) in [7, 11) is 0. The maximum Gasteiger partial charge on any atom is 0.374 e. The fourth-order valence-corrected chi connectivity index (χ4v) is 3.09. The number of nitrogens with zero attached hydrogens (tertiary/aromatic N) is 2. The highest BCUT2D eigenvalue weighted by molar-refractivity contribution is 5.96. The molecule has 1 aliphatic heterocycles. The van der Waals surface area contributed by atoms with Gasteiger partial charge in [-0.25, -0.2) is 4.79 Å². The van der Waals surface area contributed by atoms with Crippen molar-refractivity contribution in [3.05, 3.63) is 35.1 Å². The number of aryl methyl sites for hydroxylation is 2. The number of hydrogen-bond acceptors (Lipinski definition) is 6. The van der Waals surface area contributed by atoms with Crippen LogP contribution in [0, 0.1) is 6.92 Å². The monoisotopic (exact) mass is 358 g/mol. The van der Waals surface area contributed by atoms with Crippen molar-refractivity contribution >= 4 is 22.7 Å². The Bertz CT molecular complexity index is 803. The fraction of sp³-hybridized carbons (Fsp3) is 0.500. The molecule has 6 nitrogen and oxygen atoms in total. The quantitative estimate of drug-likeness (QED) is 0.583. The van der Waals surface area contributed by atoms with Gasteiger partial charge in [0.15, 0.2) is 0 Å². The number of hydrogen-bond donors (Lipinski definition) is 0. The Morgan fingerprint density at radius 3 is 2.81 bits per heavy atom. The SMILES string of the molecule is CCOC(=O)c1oc2ccc(CC/C(C)=N/N3CCOCC3)cc2c1C. The van der Waals surface area contributed by atoms with E-state index >= 15 is 0 Å². The second-order valence-corrected chi connectivity index (χ2v) is 6.51. The molecule has 0 atom stereocenters. The number of carbonyl (C=O) groups excluding carboxylic acids is 1. The van der Waals surface area contributed by atoms with Crippen molar-refractivity contribution < 1.29 is 18.7 Å². The number of benzene rings is 1. The smallest absolute Gasteiger partial charge is 0.374 e. The van der Waals surface area contributed by atoms with Gasteiger partial charge in [0.1, 0.15) is 5.58 Å². The Balaban J connectivity index is 1.69. The lowest BCUT2D eigenvalue weighted by Crippen LogP contribution is -2.32. The normalized spacial score (nSPS) is 15.5. The van der Waals surface area contributed by atoms with Gasteiger partial charge in [0.05, 0.1) is 32.9 Å². The Kier molecular flexibility index (Phi) is 5.93. The number of furan rings is 1. The van der Waals surface area contributed by atoms with E-state index in [-0.39, 0.29) is 0 Å². The average Bonchev–Trinajstić information content (AvgIpc) is 2.97. The Morgan fingerprint density at radius 2 is 2.08 bits per heavy atom. The molecule has 3 rings (SSSR count). The summed E-state index contributed by atoms with van der Waals surface area (Å²) in [4.78, 5) is 12.0. The van der Waals surface area contributed by atoms with Gasteiger partial charge in [-0.15, -0.1) is 0 Å². The van der Waals surface area contributed by atoms with E-state index in [1.807, 2.05) is 19.1 Å². The minimum Gasteiger partial charge on any atom is -0.460 e. The van der Waals surface area contributed by atoms with Crippen LogP contribution >= 0.6 is 0 Å². The van der Waals surface area contributed by atoms with Crippen molar-refractivity contribution in [1.29, 1.82) is 0 Å². The van der Waals surface area contributed by atoms with Crippen molar-refractivity contribution in [2.45, 2.75) is 33.6 Å². The number of esters is 1. The molecule has 0 spiro atoms. The zero-order chi connectivity index (χ0) is 18.5. The van der Waals surface area contributed by atoms with E-state index in [2.05, 4.69) is 23.1 Å². The third-order valence-corrected chi connectivity index (χ3v) is 4.54. The second-order valence-electron chi connectivity index (χ2n) is 6.51. The molecule has 26 heavy (non-hydrogen) atoms. The minimum absolute atomic E-state index is 0.295. The lowest BCUT2D eigenvalue weighted by Gasteiger charge is -2.24. The first-order valence-corrected chi connectivity index (χ1v) is 9.14. The van der Waals surface area contributed by atoms with Crippen LogP contribution in [0.15, 0.2) is 27.7 Å². The average molecular weight is 358 g/mol. The van der Waals surface area contributed by atoms with Gasteiger partial charge in [-0.3, -0.25) is 5.01 Å². The molecule has 0 bridgehead atoms. The number of rotatable bonds is 6. The Morgan fingerprint density at radius 1 is 1.31 bits per heavy atom. The highest BCUT2D eigenvalue weighted by Crippen LogP contribution is 2.27. The number of morpholine rings is 1. The number of hydrazone groups is 1. The van der Waals surface area contributed by atoms with Crippen molar-refractivity contribution in [1.82, 2.24) is 5.01 Å². The van der Waals surface area contributed by atoms with Crippen LogP contribution in [-0.2, 0) is 15.9 Å². The summed E-state index contributed by atoms with van der Waals surface area (Å²) < 4.78 is 16.1. The third-order valence-electron chi connectivity index (χ3n) is 4.54. The molecular weight excluding hydrogens is 332 g/mol. The molecule has 1 fully saturated rings. The molecule has 0 radical (unpaired) electrons. The van der Waals surface area contributed by atoms with Crippen LogP contribution in [0.25, 0.3) is 11.0 Å². The Labute approximate surface area is 153 Å². The standard InChI is InChI=1S/C20H26N2O4/c1-4-25-20(23)19-15(3)17-13-16(7-8-18(17)26-19)6-5-14(2)21-22-9-11-24-12-10-22/h7-8,13H,4-6,9-12H2,1-3H3/b21-14+. The molecular formula is C20H26N2O4. The van der Waals surface area contributed by atoms with Gasteiger partial charge in [0.2, 0.25) is 5.76 Å². The van der Waals surface area contributed by atoms with Crippen LogP contribution in [0.3, 0.4) is 0 Å². The number of carbonyl (C=O) groups is 1. The van der Waals surface area contributed by atoms with E-state index in [9.17, 15) is 4.79 Å². The van der Waals surface area contributed by atoms with Crippen molar-refractivity contribution in [2.75, 3.05) is 32.9 Å². The van der Waals surface area contributed by atoms with Crippen LogP contribution in [0.1, 0.15) is 41.9 Å². The summed E-state index contributed by atoms with van der Waals surface area (Å²) in [6, 6.07) is 6.07. The number of ether oxygens (including phenoxy) is 2. The summed E-state index contributed by atoms with van der Waals surface area (Å²) in [5.41, 5.74) is 3.86. The van der Waals surface area contributed by atoms with Gasteiger partial charge in [-0.05, 0) is 51.3 Å². The van der Waals surface area contributed by atoms with E-state index in [0.717, 1.165) is 55.8 Å². The van der Waals surface area contributed by atoms with Crippen molar-refractivity contribution in [2.24, 2.45) is 5.10 Å². The van der Waals surface area contributed by atoms with Crippen LogP contribution in [0.4, 0.5) is 0 Å². The fourth-order valence-electron chi connectivity index (χ4n) is 3.09. The number of fused-ring (bicyclic) bond motifs is 1. The van der Waals surface area contributed by atoms with E-state index < -0.39 is 5.97 Å². The maximum atomic E-state index is 12.0. The lowest BCUT2D eigenvalue weighted by atomic mass is 10.0. The zero-order valence-electron chi connectivity index (χ0n) is 15.7. The Hall–Kier alpha value is -2.34. The molecule has 1 aromatic heterocycles. The summed E-state index contributed by atoms with van der Waals surface area (Å²) in [6.07, 6.45) is 1.79. The maximum absolute atomic E-state index is 12.0. The summed E-state index contributed by atoms with van der Waals surface area (Å²) in [6.45, 7) is 9.29. The summed E-state index contributed by atoms with van der Waals surface area (Å²) in [5.74, 6) is -0.111. The van der Waals surface area contributed by atoms with Crippen molar-refractivity contribution in [3.8, 4) is 0 Å². The van der Waals surface area contributed by atoms with Gasteiger partial charge in [0.25, 0.3) is 0 Å². The summed E-state index contributed by atoms with van der Waals surface area (Å²) >= 11 is 0. The van der Waals surface area contributed by atoms with Crippen LogP contribution in [0.2, 0.25) is 0 Å². The van der Waals surface area contributed by atoms with Crippen LogP contribution in [0.5, 0.6) is 0 Å². The van der Waals surface area contributed by atoms with Gasteiger partial charge >= 0.3 is 5.97 Å². The van der Waals surface area contributed by atoms with Crippen LogP contribution < -0.4 is 0 Å². The molecule has 0 unspecified atom stereocenters. The van der Waals surface area contributed by atoms with Gasteiger partial charge in [-0.2, -0.15) is 5.10 Å². The molecule has 1 aromatic carbocycles. The summed E-state index contributed by atoms with van der Waals surface area (Å²) in [5, 5.41) is 7.71. The van der Waals surface area contributed by atoms with E-state index in [1.54, 1.807) is 6.92 Å². The second kappa shape index (κ2) is 8.36. The molecule has 0 aliphatic carbocycles. The van der Waals surface area contributed by atoms with Gasteiger partial charge < -0.3 is 13.9 Å². The molecule has 6 heteroatoms. The molecule has 1 saturated heterocycles. The highest BCUT2D eigenvalue weighted by atomic mass is 16.5. The third kappa shape index (κ3) is 4.25. The predicted molar refractivity (Wildman–Crippen MR) is 101 cm³/mol. The molecule has 1 aliphatic rings. The zero-order valence-corrected chi connectivity index (χ0v) is 15.7.